The molecule has 0 aromatic rings. The van der Waals surface area contributed by atoms with Crippen molar-refractivity contribution in [3.05, 3.63) is 21.8 Å². The van der Waals surface area contributed by atoms with Crippen LogP contribution in [0.2, 0.25) is 0 Å². The van der Waals surface area contributed by atoms with E-state index in [1.54, 1.807) is 6.21 Å². The second kappa shape index (κ2) is 3.93. The summed E-state index contributed by atoms with van der Waals surface area (Å²) in [5.41, 5.74) is 1.26. The third kappa shape index (κ3) is 2.35. The summed E-state index contributed by atoms with van der Waals surface area (Å²) in [5, 5.41) is 1.04. The van der Waals surface area contributed by atoms with Crippen LogP contribution in [0.15, 0.2) is 26.8 Å². The van der Waals surface area contributed by atoms with Crippen molar-refractivity contribution in [1.29, 1.82) is 0 Å². The molecule has 1 heterocycles. The Morgan fingerprint density at radius 2 is 2.27 bits per heavy atom. The molecule has 0 amide bonds. The van der Waals surface area contributed by atoms with E-state index in [0.717, 1.165) is 12.8 Å². The van der Waals surface area contributed by atoms with Crippen LogP contribution in [0.5, 0.6) is 0 Å². The number of halogens is 2. The van der Waals surface area contributed by atoms with E-state index >= 15 is 0 Å². The van der Waals surface area contributed by atoms with Gasteiger partial charge < -0.3 is 0 Å². The van der Waals surface area contributed by atoms with E-state index in [-0.39, 0.29) is 0 Å². The van der Waals surface area contributed by atoms with E-state index in [4.69, 9.17) is 23.2 Å². The lowest BCUT2D eigenvalue weighted by Crippen LogP contribution is -1.80. The van der Waals surface area contributed by atoms with Crippen molar-refractivity contribution in [1.82, 2.24) is 0 Å². The van der Waals surface area contributed by atoms with Crippen molar-refractivity contribution >= 4 is 29.4 Å². The molecule has 0 aromatic heterocycles. The van der Waals surface area contributed by atoms with E-state index in [1.165, 1.54) is 5.57 Å². The number of hydrogen-bond acceptors (Lipinski definition) is 1. The van der Waals surface area contributed by atoms with Gasteiger partial charge in [0.05, 0.1) is 5.03 Å². The molecule has 11 heavy (non-hydrogen) atoms. The Hall–Kier alpha value is -0.270. The van der Waals surface area contributed by atoms with Crippen LogP contribution in [0.1, 0.15) is 19.8 Å². The summed E-state index contributed by atoms with van der Waals surface area (Å²) < 4.78 is 0. The second-order valence-corrected chi connectivity index (χ2v) is 3.14. The van der Waals surface area contributed by atoms with E-state index in [9.17, 15) is 0 Å². The normalized spacial score (nSPS) is 18.3. The van der Waals surface area contributed by atoms with Gasteiger partial charge in [0, 0.05) is 12.6 Å². The fourth-order valence-electron chi connectivity index (χ4n) is 0.852. The Kier molecular flexibility index (Phi) is 3.16. The van der Waals surface area contributed by atoms with Gasteiger partial charge >= 0.3 is 0 Å². The molecule has 1 aliphatic rings. The van der Waals surface area contributed by atoms with Gasteiger partial charge in [0.25, 0.3) is 0 Å². The Labute approximate surface area is 76.4 Å². The zero-order chi connectivity index (χ0) is 8.27. The first-order valence-electron chi connectivity index (χ1n) is 3.50. The van der Waals surface area contributed by atoms with Gasteiger partial charge in [0.2, 0.25) is 0 Å². The number of allylic oxidation sites excluding steroid dienone is 3. The maximum atomic E-state index is 5.84. The van der Waals surface area contributed by atoms with Crippen molar-refractivity contribution in [2.24, 2.45) is 4.99 Å². The minimum Gasteiger partial charge on any atom is -0.243 e. The van der Waals surface area contributed by atoms with Gasteiger partial charge in [0.15, 0.2) is 0 Å². The Bertz CT molecular complexity index is 238. The molecule has 60 valence electrons. The first-order valence-corrected chi connectivity index (χ1v) is 4.26. The molecular formula is C8H9Cl2N. The molecule has 1 nitrogen and oxygen atoms in total. The Balaban J connectivity index is 2.84. The van der Waals surface area contributed by atoms with Crippen LogP contribution in [-0.2, 0) is 0 Å². The molecule has 0 saturated heterocycles. The van der Waals surface area contributed by atoms with Crippen LogP contribution in [0.25, 0.3) is 0 Å². The van der Waals surface area contributed by atoms with E-state index in [1.807, 2.05) is 6.08 Å². The molecular weight excluding hydrogens is 181 g/mol. The van der Waals surface area contributed by atoms with Gasteiger partial charge in [-0.3, -0.25) is 0 Å². The molecule has 0 unspecified atom stereocenters. The third-order valence-corrected chi connectivity index (χ3v) is 2.29. The van der Waals surface area contributed by atoms with Crippen molar-refractivity contribution in [2.45, 2.75) is 19.8 Å². The standard InChI is InChI=1S/C8H9Cl2N/c1-2-6-3-4-11-8(10)7(9)5-6/h3-4H,2,5H2,1H3. The smallest absolute Gasteiger partial charge is 0.143 e. The van der Waals surface area contributed by atoms with Crippen LogP contribution in [0.3, 0.4) is 0 Å². The lowest BCUT2D eigenvalue weighted by Gasteiger charge is -1.99. The Morgan fingerprint density at radius 3 is 2.91 bits per heavy atom. The van der Waals surface area contributed by atoms with Gasteiger partial charge in [-0.05, 0) is 12.5 Å². The van der Waals surface area contributed by atoms with Crippen LogP contribution in [0, 0.1) is 0 Å². The minimum atomic E-state index is 0.409. The molecule has 0 aromatic carbocycles. The monoisotopic (exact) mass is 189 g/mol. The highest BCUT2D eigenvalue weighted by Crippen LogP contribution is 2.25. The summed E-state index contributed by atoms with van der Waals surface area (Å²) >= 11 is 11.5. The Morgan fingerprint density at radius 1 is 1.55 bits per heavy atom. The van der Waals surface area contributed by atoms with Gasteiger partial charge in [-0.1, -0.05) is 35.7 Å². The first kappa shape index (κ1) is 8.82. The second-order valence-electron chi connectivity index (χ2n) is 2.33. The summed E-state index contributed by atoms with van der Waals surface area (Å²) in [6.45, 7) is 2.09. The van der Waals surface area contributed by atoms with Crippen molar-refractivity contribution < 1.29 is 0 Å². The molecule has 0 atom stereocenters. The zero-order valence-electron chi connectivity index (χ0n) is 6.27. The lowest BCUT2D eigenvalue weighted by atomic mass is 10.1. The molecule has 0 bridgehead atoms. The van der Waals surface area contributed by atoms with Gasteiger partial charge in [-0.25, -0.2) is 4.99 Å². The lowest BCUT2D eigenvalue weighted by molar-refractivity contribution is 1.03. The molecule has 0 saturated carbocycles. The van der Waals surface area contributed by atoms with Crippen LogP contribution >= 0.6 is 23.2 Å². The predicted molar refractivity (Wildman–Crippen MR) is 50.2 cm³/mol. The minimum absolute atomic E-state index is 0.409. The van der Waals surface area contributed by atoms with Crippen LogP contribution < -0.4 is 0 Å². The van der Waals surface area contributed by atoms with E-state index < -0.39 is 0 Å². The summed E-state index contributed by atoms with van der Waals surface area (Å²) in [7, 11) is 0. The fourth-order valence-corrected chi connectivity index (χ4v) is 1.20. The first-order chi connectivity index (χ1) is 5.24. The average Bonchev–Trinajstić information content (AvgIpc) is 2.15. The van der Waals surface area contributed by atoms with Crippen LogP contribution in [-0.4, -0.2) is 6.21 Å². The number of hydrogen-bond donors (Lipinski definition) is 0. The molecule has 0 aliphatic carbocycles. The van der Waals surface area contributed by atoms with Crippen molar-refractivity contribution in [3.8, 4) is 0 Å². The molecule has 0 radical (unpaired) electrons. The maximum absolute atomic E-state index is 5.84. The number of aliphatic imine (C=N–C) groups is 1. The summed E-state index contributed by atoms with van der Waals surface area (Å²) in [4.78, 5) is 3.91. The van der Waals surface area contributed by atoms with Gasteiger partial charge in [-0.15, -0.1) is 0 Å². The zero-order valence-corrected chi connectivity index (χ0v) is 7.78. The van der Waals surface area contributed by atoms with Crippen molar-refractivity contribution in [3.63, 3.8) is 0 Å². The maximum Gasteiger partial charge on any atom is 0.143 e. The highest BCUT2D eigenvalue weighted by Gasteiger charge is 2.05. The quantitative estimate of drug-likeness (QED) is 0.561. The molecule has 0 fully saturated rings. The molecule has 0 N–H and O–H groups in total. The molecule has 1 rings (SSSR count). The largest absolute Gasteiger partial charge is 0.243 e. The van der Waals surface area contributed by atoms with Gasteiger partial charge in [-0.2, -0.15) is 0 Å². The molecule has 3 heteroatoms. The fraction of sp³-hybridized carbons (Fsp3) is 0.375. The molecule has 1 aliphatic heterocycles. The van der Waals surface area contributed by atoms with Crippen LogP contribution in [0.4, 0.5) is 0 Å². The highest BCUT2D eigenvalue weighted by atomic mass is 35.5. The van der Waals surface area contributed by atoms with E-state index in [2.05, 4.69) is 11.9 Å². The van der Waals surface area contributed by atoms with E-state index in [0.29, 0.717) is 10.2 Å². The van der Waals surface area contributed by atoms with Crippen molar-refractivity contribution in [2.75, 3.05) is 0 Å². The number of rotatable bonds is 1. The van der Waals surface area contributed by atoms with Gasteiger partial charge in [0.1, 0.15) is 5.16 Å². The summed E-state index contributed by atoms with van der Waals surface area (Å²) in [6.07, 6.45) is 5.37. The highest BCUT2D eigenvalue weighted by molar-refractivity contribution is 6.39. The molecule has 0 spiro atoms. The number of nitrogens with zero attached hydrogens (tertiary/aromatic N) is 1. The summed E-state index contributed by atoms with van der Waals surface area (Å²) in [5.74, 6) is 0. The summed E-state index contributed by atoms with van der Waals surface area (Å²) in [6, 6.07) is 0. The third-order valence-electron chi connectivity index (χ3n) is 1.56. The predicted octanol–water partition coefficient (Wildman–Crippen LogP) is 3.44. The SMILES string of the molecule is CCC1=CC=NC(Cl)=C(Cl)C1. The average molecular weight is 190 g/mol. The topological polar surface area (TPSA) is 12.4 Å².